The predicted molar refractivity (Wildman–Crippen MR) is 86.4 cm³/mol. The van der Waals surface area contributed by atoms with Gasteiger partial charge in [-0.2, -0.15) is 0 Å². The van der Waals surface area contributed by atoms with Crippen LogP contribution in [0.15, 0.2) is 44.3 Å². The Morgan fingerprint density at radius 1 is 1.15 bits per heavy atom. The molecule has 2 aromatic rings. The van der Waals surface area contributed by atoms with Crippen molar-refractivity contribution >= 4 is 47.7 Å². The lowest BCUT2D eigenvalue weighted by Crippen LogP contribution is -2.15. The molecule has 7 heteroatoms. The molecule has 0 spiro atoms. The summed E-state index contributed by atoms with van der Waals surface area (Å²) < 4.78 is 28.6. The quantitative estimate of drug-likeness (QED) is 0.816. The molecule has 20 heavy (non-hydrogen) atoms. The highest BCUT2D eigenvalue weighted by atomic mass is 79.9. The van der Waals surface area contributed by atoms with E-state index in [1.165, 1.54) is 0 Å². The van der Waals surface area contributed by atoms with Gasteiger partial charge in [-0.05, 0) is 75.0 Å². The Morgan fingerprint density at radius 3 is 2.45 bits per heavy atom. The second-order valence-electron chi connectivity index (χ2n) is 4.36. The first-order valence-corrected chi connectivity index (χ1v) is 8.77. The van der Waals surface area contributed by atoms with E-state index in [-0.39, 0.29) is 4.90 Å². The first-order valence-electron chi connectivity index (χ1n) is 5.71. The Bertz CT molecular complexity index is 761. The van der Waals surface area contributed by atoms with Gasteiger partial charge in [0.25, 0.3) is 10.0 Å². The summed E-state index contributed by atoms with van der Waals surface area (Å²) in [6.07, 6.45) is 1.55. The molecular formula is C13H12Br2N2O2S. The largest absolute Gasteiger partial charge is 0.264 e. The fourth-order valence-electron chi connectivity index (χ4n) is 1.65. The molecule has 0 aliphatic carbocycles. The zero-order valence-corrected chi connectivity index (χ0v) is 14.8. The summed E-state index contributed by atoms with van der Waals surface area (Å²) in [5, 5.41) is 0. The maximum atomic E-state index is 12.4. The zero-order chi connectivity index (χ0) is 14.9. The van der Waals surface area contributed by atoms with Crippen molar-refractivity contribution in [1.29, 1.82) is 0 Å². The first kappa shape index (κ1) is 15.5. The number of aromatic nitrogens is 1. The molecule has 0 saturated carbocycles. The van der Waals surface area contributed by atoms with E-state index in [0.717, 1.165) is 15.6 Å². The van der Waals surface area contributed by atoms with E-state index in [2.05, 4.69) is 41.6 Å². The van der Waals surface area contributed by atoms with E-state index >= 15 is 0 Å². The van der Waals surface area contributed by atoms with Crippen molar-refractivity contribution in [2.45, 2.75) is 18.7 Å². The molecule has 0 fully saturated rings. The highest BCUT2D eigenvalue weighted by Gasteiger charge is 2.19. The van der Waals surface area contributed by atoms with Crippen LogP contribution in [-0.2, 0) is 10.0 Å². The lowest BCUT2D eigenvalue weighted by atomic mass is 10.2. The summed E-state index contributed by atoms with van der Waals surface area (Å²) in [6, 6.07) is 6.88. The van der Waals surface area contributed by atoms with Crippen LogP contribution in [0.4, 0.5) is 5.82 Å². The molecule has 2 rings (SSSR count). The Hall–Kier alpha value is -0.920. The SMILES string of the molecule is Cc1ccc(S(=O)(=O)Nc2ncc(Br)cc2C)c(Br)c1. The molecular weight excluding hydrogens is 408 g/mol. The van der Waals surface area contributed by atoms with Crippen molar-refractivity contribution in [3.05, 3.63) is 50.5 Å². The topological polar surface area (TPSA) is 59.1 Å². The molecule has 0 radical (unpaired) electrons. The number of rotatable bonds is 3. The Balaban J connectivity index is 2.41. The van der Waals surface area contributed by atoms with Gasteiger partial charge in [0.1, 0.15) is 10.7 Å². The van der Waals surface area contributed by atoms with Gasteiger partial charge in [0.2, 0.25) is 0 Å². The molecule has 1 aromatic carbocycles. The van der Waals surface area contributed by atoms with Crippen LogP contribution in [0, 0.1) is 13.8 Å². The minimum atomic E-state index is -3.67. The standard InChI is InChI=1S/C13H12Br2N2O2S/c1-8-3-4-12(11(15)5-8)20(18,19)17-13-9(2)6-10(14)7-16-13/h3-7H,1-2H3,(H,16,17). The van der Waals surface area contributed by atoms with Crippen LogP contribution in [0.25, 0.3) is 0 Å². The highest BCUT2D eigenvalue weighted by Crippen LogP contribution is 2.26. The van der Waals surface area contributed by atoms with Crippen molar-refractivity contribution < 1.29 is 8.42 Å². The van der Waals surface area contributed by atoms with E-state index in [4.69, 9.17) is 0 Å². The lowest BCUT2D eigenvalue weighted by molar-refractivity contribution is 0.600. The second-order valence-corrected chi connectivity index (χ2v) is 7.78. The summed E-state index contributed by atoms with van der Waals surface area (Å²) >= 11 is 6.57. The van der Waals surface area contributed by atoms with Gasteiger partial charge in [-0.1, -0.05) is 6.07 Å². The van der Waals surface area contributed by atoms with Crippen LogP contribution in [0.3, 0.4) is 0 Å². The van der Waals surface area contributed by atoms with Crippen LogP contribution < -0.4 is 4.72 Å². The minimum Gasteiger partial charge on any atom is -0.263 e. The fraction of sp³-hybridized carbons (Fsp3) is 0.154. The average Bonchev–Trinajstić information content (AvgIpc) is 2.32. The molecule has 0 unspecified atom stereocenters. The Labute approximate surface area is 134 Å². The van der Waals surface area contributed by atoms with Crippen molar-refractivity contribution in [3.63, 3.8) is 0 Å². The summed E-state index contributed by atoms with van der Waals surface area (Å²) in [5.41, 5.74) is 1.72. The molecule has 0 bridgehead atoms. The second kappa shape index (κ2) is 5.83. The van der Waals surface area contributed by atoms with Crippen LogP contribution >= 0.6 is 31.9 Å². The molecule has 0 aliphatic rings. The monoisotopic (exact) mass is 418 g/mol. The Kier molecular flexibility index (Phi) is 4.51. The first-order chi connectivity index (χ1) is 9.29. The summed E-state index contributed by atoms with van der Waals surface area (Å²) in [7, 11) is -3.67. The molecule has 1 aromatic heterocycles. The molecule has 0 saturated heterocycles. The van der Waals surface area contributed by atoms with E-state index in [1.807, 2.05) is 6.92 Å². The van der Waals surface area contributed by atoms with Gasteiger partial charge in [0.05, 0.1) is 0 Å². The van der Waals surface area contributed by atoms with Gasteiger partial charge < -0.3 is 0 Å². The molecule has 0 aliphatic heterocycles. The van der Waals surface area contributed by atoms with Crippen LogP contribution in [0.5, 0.6) is 0 Å². The van der Waals surface area contributed by atoms with Gasteiger partial charge in [-0.25, -0.2) is 13.4 Å². The van der Waals surface area contributed by atoms with Crippen LogP contribution in [0.1, 0.15) is 11.1 Å². The number of benzene rings is 1. The number of aryl methyl sites for hydroxylation is 2. The normalized spacial score (nSPS) is 11.4. The van der Waals surface area contributed by atoms with E-state index in [1.54, 1.807) is 37.4 Å². The summed E-state index contributed by atoms with van der Waals surface area (Å²) in [4.78, 5) is 4.27. The van der Waals surface area contributed by atoms with Gasteiger partial charge in [0.15, 0.2) is 0 Å². The van der Waals surface area contributed by atoms with Crippen LogP contribution in [-0.4, -0.2) is 13.4 Å². The number of pyridine rings is 1. The molecule has 1 heterocycles. The van der Waals surface area contributed by atoms with Crippen molar-refractivity contribution in [2.24, 2.45) is 0 Å². The number of sulfonamides is 1. The number of hydrogen-bond acceptors (Lipinski definition) is 3. The maximum Gasteiger partial charge on any atom is 0.264 e. The van der Waals surface area contributed by atoms with Gasteiger partial charge >= 0.3 is 0 Å². The molecule has 0 amide bonds. The van der Waals surface area contributed by atoms with Gasteiger partial charge in [0, 0.05) is 15.1 Å². The number of hydrogen-bond donors (Lipinski definition) is 1. The molecule has 106 valence electrons. The third-order valence-corrected chi connectivity index (χ3v) is 5.40. The van der Waals surface area contributed by atoms with Crippen LogP contribution in [0.2, 0.25) is 0 Å². The number of anilines is 1. The summed E-state index contributed by atoms with van der Waals surface area (Å²) in [6.45, 7) is 3.69. The van der Waals surface area contributed by atoms with E-state index < -0.39 is 10.0 Å². The van der Waals surface area contributed by atoms with Gasteiger partial charge in [-0.15, -0.1) is 0 Å². The predicted octanol–water partition coefficient (Wildman–Crippen LogP) is 4.02. The fourth-order valence-corrected chi connectivity index (χ4v) is 4.37. The van der Waals surface area contributed by atoms with Crippen molar-refractivity contribution in [3.8, 4) is 0 Å². The summed E-state index contributed by atoms with van der Waals surface area (Å²) in [5.74, 6) is 0.320. The van der Waals surface area contributed by atoms with E-state index in [0.29, 0.717) is 10.3 Å². The highest BCUT2D eigenvalue weighted by molar-refractivity contribution is 9.10. The van der Waals surface area contributed by atoms with E-state index in [9.17, 15) is 8.42 Å². The lowest BCUT2D eigenvalue weighted by Gasteiger charge is -2.11. The van der Waals surface area contributed by atoms with Crippen molar-refractivity contribution in [1.82, 2.24) is 4.98 Å². The minimum absolute atomic E-state index is 0.187. The number of halogens is 2. The number of nitrogens with one attached hydrogen (secondary N) is 1. The average molecular weight is 420 g/mol. The zero-order valence-electron chi connectivity index (χ0n) is 10.8. The molecule has 1 N–H and O–H groups in total. The smallest absolute Gasteiger partial charge is 0.263 e. The molecule has 4 nitrogen and oxygen atoms in total. The third kappa shape index (κ3) is 3.39. The number of nitrogens with zero attached hydrogens (tertiary/aromatic N) is 1. The molecule has 0 atom stereocenters. The van der Waals surface area contributed by atoms with Crippen molar-refractivity contribution in [2.75, 3.05) is 4.72 Å². The third-order valence-electron chi connectivity index (χ3n) is 2.65. The Morgan fingerprint density at radius 2 is 1.85 bits per heavy atom. The van der Waals surface area contributed by atoms with Gasteiger partial charge in [-0.3, -0.25) is 4.72 Å². The maximum absolute atomic E-state index is 12.4.